The van der Waals surface area contributed by atoms with E-state index >= 15 is 0 Å². The second-order valence-corrected chi connectivity index (χ2v) is 14.4. The number of nitrogens with zero attached hydrogens (tertiary/aromatic N) is 3. The summed E-state index contributed by atoms with van der Waals surface area (Å²) >= 11 is 0. The maximum absolute atomic E-state index is 14.1. The molecule has 8 atom stereocenters. The third-order valence-corrected chi connectivity index (χ3v) is 10.7. The Kier molecular flexibility index (Phi) is 17.1. The van der Waals surface area contributed by atoms with Gasteiger partial charge >= 0.3 is 6.03 Å². The fourth-order valence-corrected chi connectivity index (χ4v) is 7.42. The molecular weight excluding hydrogens is 654 g/mol. The lowest BCUT2D eigenvalue weighted by Crippen LogP contribution is -2.59. The molecule has 0 aromatic heterocycles. The number of likely N-dealkylation sites (N-methyl/N-ethyl adjacent to an activating group) is 1. The molecule has 13 heteroatoms. The fourth-order valence-electron chi connectivity index (χ4n) is 7.42. The summed E-state index contributed by atoms with van der Waals surface area (Å²) in [6.45, 7) is 11.8. The van der Waals surface area contributed by atoms with Crippen LogP contribution in [0.25, 0.3) is 0 Å². The van der Waals surface area contributed by atoms with Crippen LogP contribution in [0.5, 0.6) is 0 Å². The number of aliphatic hydroxyl groups excluding tert-OH is 1. The van der Waals surface area contributed by atoms with Crippen LogP contribution in [0.2, 0.25) is 0 Å². The van der Waals surface area contributed by atoms with E-state index in [2.05, 4.69) is 10.6 Å². The molecule has 1 aromatic carbocycles. The van der Waals surface area contributed by atoms with Crippen LogP contribution in [0.4, 0.5) is 4.79 Å². The van der Waals surface area contributed by atoms with Gasteiger partial charge in [0.1, 0.15) is 6.04 Å². The predicted molar refractivity (Wildman–Crippen MR) is 195 cm³/mol. The molecule has 3 N–H and O–H groups in total. The maximum atomic E-state index is 14.1. The third-order valence-electron chi connectivity index (χ3n) is 10.7. The van der Waals surface area contributed by atoms with Gasteiger partial charge in [0.25, 0.3) is 0 Å². The minimum atomic E-state index is -0.763. The average Bonchev–Trinajstić information content (AvgIpc) is 3.63. The Hall–Kier alpha value is -3.26. The maximum Gasteiger partial charge on any atom is 0.318 e. The molecule has 5 amide bonds. The first-order chi connectivity index (χ1) is 24.4. The van der Waals surface area contributed by atoms with Crippen molar-refractivity contribution in [1.29, 1.82) is 0 Å². The Morgan fingerprint density at radius 2 is 1.67 bits per heavy atom. The molecule has 3 rings (SSSR count). The Bertz CT molecular complexity index is 1250. The number of carbonyl (C=O) groups is 4. The van der Waals surface area contributed by atoms with Gasteiger partial charge in [-0.1, -0.05) is 71.4 Å². The van der Waals surface area contributed by atoms with Gasteiger partial charge in [0, 0.05) is 40.9 Å². The minimum Gasteiger partial charge on any atom is -0.394 e. The van der Waals surface area contributed by atoms with Gasteiger partial charge < -0.3 is 44.7 Å². The van der Waals surface area contributed by atoms with Crippen LogP contribution < -0.4 is 10.6 Å². The van der Waals surface area contributed by atoms with E-state index in [1.54, 1.807) is 42.9 Å². The lowest BCUT2D eigenvalue weighted by Gasteiger charge is -2.41. The van der Waals surface area contributed by atoms with Crippen LogP contribution in [-0.2, 0) is 35.0 Å². The second kappa shape index (κ2) is 20.7. The number of aliphatic hydroxyl groups is 1. The zero-order chi connectivity index (χ0) is 37.7. The molecule has 2 aliphatic heterocycles. The van der Waals surface area contributed by atoms with E-state index in [-0.39, 0.29) is 54.7 Å². The van der Waals surface area contributed by atoms with E-state index in [0.717, 1.165) is 18.4 Å². The number of urea groups is 1. The standard InChI is InChI=1S/C38H63N5O8/c1-9-26(4)34(41(6)37(47)33(25(2)3)40-38(48)42-18-20-51-21-19-42)31(49-7)23-32(45)43-17-13-16-30(43)35(50-8)27(5)36(46)39-29(24-44)22-28-14-11-10-12-15-28/h10-12,14-15,25-27,29-31,33-35,44H,9,13,16-24H2,1-8H3,(H,39,46)(H,40,48)/t26-,27+,29-,30-,31-,33-,34-,35+/m0/s1. The molecule has 0 radical (unpaired) electrons. The van der Waals surface area contributed by atoms with Gasteiger partial charge in [0.15, 0.2) is 0 Å². The van der Waals surface area contributed by atoms with E-state index in [1.165, 1.54) is 0 Å². The van der Waals surface area contributed by atoms with E-state index in [4.69, 9.17) is 14.2 Å². The number of amides is 5. The summed E-state index contributed by atoms with van der Waals surface area (Å²) in [5.41, 5.74) is 1.01. The number of morpholine rings is 1. The Morgan fingerprint density at radius 3 is 2.24 bits per heavy atom. The van der Waals surface area contributed by atoms with Crippen molar-refractivity contribution in [2.75, 3.05) is 60.7 Å². The highest BCUT2D eigenvalue weighted by Crippen LogP contribution is 2.29. The van der Waals surface area contributed by atoms with Crippen molar-refractivity contribution in [2.24, 2.45) is 17.8 Å². The van der Waals surface area contributed by atoms with Gasteiger partial charge in [-0.25, -0.2) is 4.79 Å². The summed E-state index contributed by atoms with van der Waals surface area (Å²) in [5, 5.41) is 15.9. The summed E-state index contributed by atoms with van der Waals surface area (Å²) in [7, 11) is 4.84. The first-order valence-corrected chi connectivity index (χ1v) is 18.6. The van der Waals surface area contributed by atoms with E-state index in [9.17, 15) is 24.3 Å². The van der Waals surface area contributed by atoms with Gasteiger partial charge in [-0.15, -0.1) is 0 Å². The molecule has 0 spiro atoms. The van der Waals surface area contributed by atoms with E-state index < -0.39 is 36.3 Å². The number of benzene rings is 1. The highest BCUT2D eigenvalue weighted by Gasteiger charge is 2.43. The van der Waals surface area contributed by atoms with Crippen LogP contribution in [-0.4, -0.2) is 141 Å². The number of nitrogens with one attached hydrogen (secondary N) is 2. The molecule has 51 heavy (non-hydrogen) atoms. The number of ether oxygens (including phenoxy) is 3. The van der Waals surface area contributed by atoms with Gasteiger partial charge in [0.2, 0.25) is 17.7 Å². The number of carbonyl (C=O) groups excluding carboxylic acids is 4. The molecule has 1 aromatic rings. The fraction of sp³-hybridized carbons (Fsp3) is 0.737. The van der Waals surface area contributed by atoms with Crippen molar-refractivity contribution in [1.82, 2.24) is 25.3 Å². The van der Waals surface area contributed by atoms with Crippen molar-refractivity contribution in [3.8, 4) is 0 Å². The monoisotopic (exact) mass is 717 g/mol. The van der Waals surface area contributed by atoms with Crippen LogP contribution in [0.15, 0.2) is 30.3 Å². The molecule has 0 unspecified atom stereocenters. The van der Waals surface area contributed by atoms with Crippen molar-refractivity contribution in [3.05, 3.63) is 35.9 Å². The van der Waals surface area contributed by atoms with Gasteiger partial charge in [-0.05, 0) is 36.7 Å². The number of hydrogen-bond donors (Lipinski definition) is 3. The summed E-state index contributed by atoms with van der Waals surface area (Å²) in [5.74, 6) is -1.40. The van der Waals surface area contributed by atoms with Crippen LogP contribution in [0.3, 0.4) is 0 Å². The topological polar surface area (TPSA) is 150 Å². The molecule has 2 heterocycles. The number of rotatable bonds is 18. The zero-order valence-electron chi connectivity index (χ0n) is 32.0. The third kappa shape index (κ3) is 11.4. The summed E-state index contributed by atoms with van der Waals surface area (Å²) in [6, 6.07) is 7.39. The van der Waals surface area contributed by atoms with Crippen molar-refractivity contribution >= 4 is 23.8 Å². The number of hydrogen-bond acceptors (Lipinski definition) is 8. The average molecular weight is 718 g/mol. The first kappa shape index (κ1) is 42.2. The van der Waals surface area contributed by atoms with Gasteiger partial charge in [-0.3, -0.25) is 14.4 Å². The van der Waals surface area contributed by atoms with Gasteiger partial charge in [0.05, 0.1) is 62.5 Å². The molecule has 13 nitrogen and oxygen atoms in total. The molecule has 2 aliphatic rings. The molecule has 2 fully saturated rings. The van der Waals surface area contributed by atoms with Crippen molar-refractivity contribution in [3.63, 3.8) is 0 Å². The highest BCUT2D eigenvalue weighted by molar-refractivity contribution is 5.87. The van der Waals surface area contributed by atoms with Crippen molar-refractivity contribution < 1.29 is 38.5 Å². The quantitative estimate of drug-likeness (QED) is 0.210. The predicted octanol–water partition coefficient (Wildman–Crippen LogP) is 2.69. The smallest absolute Gasteiger partial charge is 0.318 e. The van der Waals surface area contributed by atoms with Gasteiger partial charge in [-0.2, -0.15) is 0 Å². The number of methoxy groups -OCH3 is 2. The first-order valence-electron chi connectivity index (χ1n) is 18.6. The Labute approximate surface area is 304 Å². The largest absolute Gasteiger partial charge is 0.394 e. The Morgan fingerprint density at radius 1 is 1.00 bits per heavy atom. The van der Waals surface area contributed by atoms with E-state index in [0.29, 0.717) is 45.7 Å². The minimum absolute atomic E-state index is 0.0142. The molecule has 0 aliphatic carbocycles. The summed E-state index contributed by atoms with van der Waals surface area (Å²) in [6.07, 6.45) is 1.53. The van der Waals surface area contributed by atoms with Crippen LogP contribution in [0.1, 0.15) is 65.9 Å². The molecule has 0 bridgehead atoms. The van der Waals surface area contributed by atoms with Crippen LogP contribution >= 0.6 is 0 Å². The summed E-state index contributed by atoms with van der Waals surface area (Å²) < 4.78 is 17.3. The van der Waals surface area contributed by atoms with Crippen molar-refractivity contribution in [2.45, 2.75) is 103 Å². The lowest BCUT2D eigenvalue weighted by molar-refractivity contribution is -0.147. The SMILES string of the molecule is CC[C@H](C)[C@@H]([C@H](CC(=O)N1CCC[C@H]1[C@H](OC)[C@@H](C)C(=O)N[C@H](CO)Cc1ccccc1)OC)N(C)C(=O)[C@@H](NC(=O)N1CCOCC1)C(C)C. The molecule has 0 saturated carbocycles. The normalized spacial score (nSPS) is 20.5. The Balaban J connectivity index is 1.73. The summed E-state index contributed by atoms with van der Waals surface area (Å²) in [4.78, 5) is 59.9. The molecule has 2 saturated heterocycles. The molecular formula is C38H63N5O8. The highest BCUT2D eigenvalue weighted by atomic mass is 16.5. The zero-order valence-corrected chi connectivity index (χ0v) is 32.0. The number of likely N-dealkylation sites (tertiary alicyclic amines) is 1. The lowest BCUT2D eigenvalue weighted by atomic mass is 9.89. The molecule has 288 valence electrons. The van der Waals surface area contributed by atoms with E-state index in [1.807, 2.05) is 58.0 Å². The second-order valence-electron chi connectivity index (χ2n) is 14.4. The van der Waals surface area contributed by atoms with Crippen LogP contribution in [0, 0.1) is 17.8 Å².